The minimum absolute atomic E-state index is 0.0551. The van der Waals surface area contributed by atoms with Gasteiger partial charge >= 0.3 is 0 Å². The number of amidine groups is 1. The number of likely N-dealkylation sites (tertiary alicyclic amines) is 1. The van der Waals surface area contributed by atoms with Crippen molar-refractivity contribution in [2.45, 2.75) is 26.2 Å². The summed E-state index contributed by atoms with van der Waals surface area (Å²) in [6, 6.07) is 9.18. The lowest BCUT2D eigenvalue weighted by Gasteiger charge is -2.37. The summed E-state index contributed by atoms with van der Waals surface area (Å²) in [5.74, 6) is 0.382. The molecule has 0 spiro atoms. The number of piperidine rings is 1. The van der Waals surface area contributed by atoms with Crippen molar-refractivity contribution in [1.82, 2.24) is 19.5 Å². The maximum atomic E-state index is 13.0. The van der Waals surface area contributed by atoms with E-state index in [9.17, 15) is 13.6 Å². The molecule has 1 aromatic carbocycles. The first-order chi connectivity index (χ1) is 19.4. The predicted molar refractivity (Wildman–Crippen MR) is 156 cm³/mol. The number of thiol groups is 1. The number of hydrogen-bond donors (Lipinski definition) is 4. The number of ether oxygens (including phenoxy) is 1. The van der Waals surface area contributed by atoms with Gasteiger partial charge in [0.25, 0.3) is 12.3 Å². The highest BCUT2D eigenvalue weighted by atomic mass is 32.1. The van der Waals surface area contributed by atoms with Gasteiger partial charge in [0.1, 0.15) is 17.4 Å². The first-order valence-electron chi connectivity index (χ1n) is 13.3. The zero-order chi connectivity index (χ0) is 28.5. The van der Waals surface area contributed by atoms with Gasteiger partial charge in [0.15, 0.2) is 0 Å². The molecule has 4 N–H and O–H groups in total. The van der Waals surface area contributed by atoms with Crippen LogP contribution in [0, 0.1) is 5.92 Å². The summed E-state index contributed by atoms with van der Waals surface area (Å²) in [4.78, 5) is 25.5. The quantitative estimate of drug-likeness (QED) is 0.236. The summed E-state index contributed by atoms with van der Waals surface area (Å²) < 4.78 is 34.5. The number of rotatable bonds is 11. The molecule has 1 atom stereocenters. The van der Waals surface area contributed by atoms with E-state index in [1.807, 2.05) is 13.1 Å². The molecule has 0 radical (unpaired) electrons. The van der Waals surface area contributed by atoms with Gasteiger partial charge in [-0.05, 0) is 56.5 Å². The van der Waals surface area contributed by atoms with Crippen LogP contribution < -0.4 is 15.8 Å². The van der Waals surface area contributed by atoms with Crippen LogP contribution in [0.5, 0.6) is 0 Å². The second-order valence-electron chi connectivity index (χ2n) is 9.61. The summed E-state index contributed by atoms with van der Waals surface area (Å²) in [7, 11) is 0. The van der Waals surface area contributed by atoms with Crippen LogP contribution in [0.1, 0.15) is 47.7 Å². The molecule has 9 nitrogen and oxygen atoms in total. The fourth-order valence-electron chi connectivity index (χ4n) is 4.90. The third kappa shape index (κ3) is 7.58. The van der Waals surface area contributed by atoms with Gasteiger partial charge in [-0.25, -0.2) is 18.8 Å². The van der Waals surface area contributed by atoms with Crippen LogP contribution in [-0.2, 0) is 4.74 Å². The molecule has 0 aliphatic carbocycles. The number of alkyl halides is 2. The van der Waals surface area contributed by atoms with Crippen molar-refractivity contribution in [3.8, 4) is 0 Å². The lowest BCUT2D eigenvalue weighted by Crippen LogP contribution is -2.43. The number of aromatic nitrogens is 1. The van der Waals surface area contributed by atoms with Crippen molar-refractivity contribution in [2.75, 3.05) is 44.7 Å². The number of anilines is 1. The van der Waals surface area contributed by atoms with Crippen molar-refractivity contribution in [3.05, 3.63) is 77.4 Å². The molecule has 12 heteroatoms. The Kier molecular flexibility index (Phi) is 10.5. The fraction of sp³-hybridized carbons (Fsp3) is 0.393. The molecule has 1 amide bonds. The molecule has 3 heterocycles. The second kappa shape index (κ2) is 14.2. The fourth-order valence-corrected chi connectivity index (χ4v) is 5.14. The standard InChI is InChI=1S/C28H35F2N7O2S/c1-2-39-15-14-36-12-3-4-19(17-36)18-37-13-11-33-27(31)25(37)24(35-40)20-5-7-21(8-6-20)28(38)34-23-16-22(26(29)30)9-10-32-23/h5-11,13,16,19,26,35,40H,2-4,12,14-15,17-18H2,1H3,(H2,31,33)(H,32,34,38)/b25-24-/t19-/m1/s1. The number of benzene rings is 1. The van der Waals surface area contributed by atoms with Crippen molar-refractivity contribution in [1.29, 1.82) is 0 Å². The Morgan fingerprint density at radius 2 is 2.02 bits per heavy atom. The molecule has 2 aromatic rings. The van der Waals surface area contributed by atoms with Gasteiger partial charge in [-0.1, -0.05) is 24.9 Å². The van der Waals surface area contributed by atoms with E-state index in [0.717, 1.165) is 63.9 Å². The number of carbonyl (C=O) groups excluding carboxylic acids is 1. The molecule has 0 unspecified atom stereocenters. The lowest BCUT2D eigenvalue weighted by molar-refractivity contribution is 0.0881. The van der Waals surface area contributed by atoms with E-state index < -0.39 is 12.3 Å². The molecule has 0 saturated carbocycles. The molecule has 1 aromatic heterocycles. The maximum absolute atomic E-state index is 13.0. The van der Waals surface area contributed by atoms with Gasteiger partial charge in [-0.3, -0.25) is 4.79 Å². The van der Waals surface area contributed by atoms with E-state index in [0.29, 0.717) is 28.7 Å². The number of nitrogens with zero attached hydrogens (tertiary/aromatic N) is 4. The number of nitrogens with two attached hydrogens (primary N) is 1. The third-order valence-corrected chi connectivity index (χ3v) is 7.09. The van der Waals surface area contributed by atoms with E-state index in [1.165, 1.54) is 12.3 Å². The first-order valence-corrected chi connectivity index (χ1v) is 13.7. The van der Waals surface area contributed by atoms with Crippen molar-refractivity contribution in [3.63, 3.8) is 0 Å². The Labute approximate surface area is 238 Å². The molecular weight excluding hydrogens is 536 g/mol. The lowest BCUT2D eigenvalue weighted by atomic mass is 9.96. The minimum Gasteiger partial charge on any atom is -0.382 e. The molecule has 40 heavy (non-hydrogen) atoms. The summed E-state index contributed by atoms with van der Waals surface area (Å²) >= 11 is 4.36. The normalized spacial score (nSPS) is 19.0. The van der Waals surface area contributed by atoms with Gasteiger partial charge in [-0.15, -0.1) is 0 Å². The van der Waals surface area contributed by atoms with Crippen LogP contribution in [0.3, 0.4) is 0 Å². The predicted octanol–water partition coefficient (Wildman–Crippen LogP) is 4.27. The number of pyridine rings is 1. The van der Waals surface area contributed by atoms with E-state index in [1.54, 1.807) is 30.5 Å². The molecule has 2 aliphatic heterocycles. The van der Waals surface area contributed by atoms with Gasteiger partial charge in [-0.2, -0.15) is 0 Å². The molecule has 4 rings (SSSR count). The largest absolute Gasteiger partial charge is 0.382 e. The monoisotopic (exact) mass is 571 g/mol. The molecule has 214 valence electrons. The number of nitrogens with one attached hydrogen (secondary N) is 2. The molecule has 1 fully saturated rings. The van der Waals surface area contributed by atoms with Crippen LogP contribution >= 0.6 is 12.8 Å². The van der Waals surface area contributed by atoms with E-state index in [-0.39, 0.29) is 11.4 Å². The highest BCUT2D eigenvalue weighted by Crippen LogP contribution is 2.27. The molecular formula is C28H35F2N7O2S. The Balaban J connectivity index is 1.49. The number of aliphatic imine (C=N–C) groups is 1. The first kappa shape index (κ1) is 29.5. The zero-order valence-corrected chi connectivity index (χ0v) is 23.3. The second-order valence-corrected chi connectivity index (χ2v) is 9.84. The molecule has 2 aliphatic rings. The highest BCUT2D eigenvalue weighted by Gasteiger charge is 2.26. The van der Waals surface area contributed by atoms with E-state index in [4.69, 9.17) is 10.5 Å². The zero-order valence-electron chi connectivity index (χ0n) is 22.4. The van der Waals surface area contributed by atoms with Gasteiger partial charge < -0.3 is 30.3 Å². The van der Waals surface area contributed by atoms with Crippen LogP contribution in [0.4, 0.5) is 14.6 Å². The van der Waals surface area contributed by atoms with Gasteiger partial charge in [0.2, 0.25) is 0 Å². The maximum Gasteiger partial charge on any atom is 0.264 e. The van der Waals surface area contributed by atoms with Crippen LogP contribution in [0.2, 0.25) is 0 Å². The third-order valence-electron chi connectivity index (χ3n) is 6.87. The van der Waals surface area contributed by atoms with Crippen molar-refractivity contribution < 1.29 is 18.3 Å². The van der Waals surface area contributed by atoms with Crippen LogP contribution in [0.15, 0.2) is 65.7 Å². The summed E-state index contributed by atoms with van der Waals surface area (Å²) in [5.41, 5.74) is 8.60. The Hall–Kier alpha value is -3.48. The van der Waals surface area contributed by atoms with E-state index in [2.05, 4.69) is 42.6 Å². The SMILES string of the molecule is CCOCCN1CCC[C@@H](CN2C=CN=C(N)/C2=C(/NS)c2ccc(C(=O)Nc3cc(C(F)F)ccn3)cc2)C1. The minimum atomic E-state index is -2.65. The number of amides is 1. The van der Waals surface area contributed by atoms with Crippen molar-refractivity contribution >= 4 is 36.1 Å². The smallest absolute Gasteiger partial charge is 0.264 e. The van der Waals surface area contributed by atoms with E-state index >= 15 is 0 Å². The Bertz CT molecular complexity index is 1250. The Morgan fingerprint density at radius 1 is 1.25 bits per heavy atom. The summed E-state index contributed by atoms with van der Waals surface area (Å²) in [6.07, 6.45) is 4.43. The average Bonchev–Trinajstić information content (AvgIpc) is 2.95. The molecule has 0 bridgehead atoms. The van der Waals surface area contributed by atoms with Crippen LogP contribution in [-0.4, -0.2) is 65.9 Å². The van der Waals surface area contributed by atoms with Gasteiger partial charge in [0, 0.05) is 61.5 Å². The summed E-state index contributed by atoms with van der Waals surface area (Å²) in [5, 5.41) is 2.56. The van der Waals surface area contributed by atoms with Crippen molar-refractivity contribution in [2.24, 2.45) is 16.6 Å². The number of carbonyl (C=O) groups is 1. The number of hydrogen-bond acceptors (Lipinski definition) is 9. The Morgan fingerprint density at radius 3 is 2.75 bits per heavy atom. The molecule has 1 saturated heterocycles. The number of halogens is 2. The van der Waals surface area contributed by atoms with Crippen LogP contribution in [0.25, 0.3) is 5.70 Å². The highest BCUT2D eigenvalue weighted by molar-refractivity contribution is 7.78. The topological polar surface area (TPSA) is 108 Å². The van der Waals surface area contributed by atoms with Gasteiger partial charge in [0.05, 0.1) is 12.3 Å². The summed E-state index contributed by atoms with van der Waals surface area (Å²) in [6.45, 7) is 7.19. The average molecular weight is 572 g/mol.